The van der Waals surface area contributed by atoms with Gasteiger partial charge in [0.25, 0.3) is 0 Å². The predicted octanol–water partition coefficient (Wildman–Crippen LogP) is 5.99. The van der Waals surface area contributed by atoms with Gasteiger partial charge < -0.3 is 4.74 Å². The van der Waals surface area contributed by atoms with Crippen LogP contribution in [0.5, 0.6) is 0 Å². The molecular weight excluding hydrogens is 272 g/mol. The summed E-state index contributed by atoms with van der Waals surface area (Å²) in [5.74, 6) is 0.464. The molecule has 0 aromatic heterocycles. The second-order valence-electron chi connectivity index (χ2n) is 5.70. The van der Waals surface area contributed by atoms with Crippen molar-refractivity contribution in [2.45, 2.75) is 73.1 Å². The van der Waals surface area contributed by atoms with Crippen LogP contribution in [0.4, 0.5) is 0 Å². The van der Waals surface area contributed by atoms with Crippen molar-refractivity contribution in [2.75, 3.05) is 6.61 Å². The van der Waals surface area contributed by atoms with Gasteiger partial charge >= 0.3 is 5.97 Å². The first-order chi connectivity index (χ1) is 10.6. The van der Waals surface area contributed by atoms with E-state index in [2.05, 4.69) is 32.9 Å². The van der Waals surface area contributed by atoms with E-state index in [-0.39, 0.29) is 5.97 Å². The molecule has 0 radical (unpaired) electrons. The van der Waals surface area contributed by atoms with Crippen LogP contribution in [0, 0.1) is 5.92 Å². The van der Waals surface area contributed by atoms with Crippen molar-refractivity contribution in [3.8, 4) is 0 Å². The molecule has 0 aliphatic rings. The number of esters is 1. The Hall–Kier alpha value is -1.31. The molecule has 0 aliphatic carbocycles. The van der Waals surface area contributed by atoms with Gasteiger partial charge in [0.1, 0.15) is 0 Å². The van der Waals surface area contributed by atoms with Crippen LogP contribution in [0.3, 0.4) is 0 Å². The first kappa shape index (κ1) is 20.7. The molecule has 0 heterocycles. The van der Waals surface area contributed by atoms with E-state index >= 15 is 0 Å². The molecule has 0 N–H and O–H groups in total. The van der Waals surface area contributed by atoms with E-state index in [4.69, 9.17) is 4.74 Å². The summed E-state index contributed by atoms with van der Waals surface area (Å²) in [6.45, 7) is 10.9. The molecule has 126 valence electrons. The number of rotatable bonds is 11. The normalized spacial score (nSPS) is 13.2. The third kappa shape index (κ3) is 10.4. The first-order valence-corrected chi connectivity index (χ1v) is 8.76. The fourth-order valence-electron chi connectivity index (χ4n) is 2.41. The third-order valence-electron chi connectivity index (χ3n) is 3.98. The number of carbonyl (C=O) groups excluding carboxylic acids is 1. The lowest BCUT2D eigenvalue weighted by atomic mass is 9.95. The average molecular weight is 306 g/mol. The highest BCUT2D eigenvalue weighted by atomic mass is 16.5. The van der Waals surface area contributed by atoms with Crippen LogP contribution in [0.15, 0.2) is 35.5 Å². The van der Waals surface area contributed by atoms with Crippen molar-refractivity contribution in [1.29, 1.82) is 0 Å². The Balaban J connectivity index is 4.25. The smallest absolute Gasteiger partial charge is 0.330 e. The number of allylic oxidation sites excluding steroid dienone is 5. The van der Waals surface area contributed by atoms with Gasteiger partial charge in [0, 0.05) is 6.08 Å². The molecule has 0 aromatic rings. The molecule has 1 atom stereocenters. The number of carbonyl (C=O) groups is 1. The van der Waals surface area contributed by atoms with Gasteiger partial charge in [-0.3, -0.25) is 0 Å². The summed E-state index contributed by atoms with van der Waals surface area (Å²) in [5.41, 5.74) is 2.52. The zero-order valence-corrected chi connectivity index (χ0v) is 15.2. The molecule has 0 amide bonds. The Morgan fingerprint density at radius 3 is 2.36 bits per heavy atom. The molecule has 0 aromatic carbocycles. The lowest BCUT2D eigenvalue weighted by Gasteiger charge is -2.11. The maximum absolute atomic E-state index is 11.3. The van der Waals surface area contributed by atoms with E-state index in [1.54, 1.807) is 11.6 Å². The summed E-state index contributed by atoms with van der Waals surface area (Å²) in [4.78, 5) is 11.3. The molecule has 2 heteroatoms. The standard InChI is InChI=1S/C20H34O2/c1-6-18(7-2)13-11-15-19(8-3)14-10-12-17(5)16-20(21)22-9-4/h10,12-13,16,19H,6-9,11,14-15H2,1-5H3. The van der Waals surface area contributed by atoms with Crippen LogP contribution in [0.1, 0.15) is 73.1 Å². The number of hydrogen-bond donors (Lipinski definition) is 0. The topological polar surface area (TPSA) is 26.3 Å². The molecule has 0 bridgehead atoms. The molecular formula is C20H34O2. The number of hydrogen-bond acceptors (Lipinski definition) is 2. The Morgan fingerprint density at radius 2 is 1.82 bits per heavy atom. The van der Waals surface area contributed by atoms with Crippen LogP contribution in [0.25, 0.3) is 0 Å². The van der Waals surface area contributed by atoms with E-state index < -0.39 is 0 Å². The summed E-state index contributed by atoms with van der Waals surface area (Å²) in [6, 6.07) is 0. The lowest BCUT2D eigenvalue weighted by molar-refractivity contribution is -0.137. The van der Waals surface area contributed by atoms with E-state index in [1.165, 1.54) is 32.1 Å². The SMILES string of the molecule is CCOC(=O)C=C(C)C=CCC(CC)CCC=C(CC)CC. The van der Waals surface area contributed by atoms with E-state index in [0.717, 1.165) is 17.9 Å². The van der Waals surface area contributed by atoms with Crippen molar-refractivity contribution in [3.63, 3.8) is 0 Å². The molecule has 0 rings (SSSR count). The zero-order chi connectivity index (χ0) is 16.8. The van der Waals surface area contributed by atoms with Gasteiger partial charge in [-0.25, -0.2) is 4.79 Å². The van der Waals surface area contributed by atoms with E-state index in [1.807, 2.05) is 19.9 Å². The average Bonchev–Trinajstić information content (AvgIpc) is 2.49. The Morgan fingerprint density at radius 1 is 1.14 bits per heavy atom. The molecule has 0 fully saturated rings. The van der Waals surface area contributed by atoms with Crippen molar-refractivity contribution in [2.24, 2.45) is 5.92 Å². The molecule has 0 saturated heterocycles. The van der Waals surface area contributed by atoms with Crippen LogP contribution < -0.4 is 0 Å². The van der Waals surface area contributed by atoms with Crippen molar-refractivity contribution >= 4 is 5.97 Å². The van der Waals surface area contributed by atoms with Gasteiger partial charge in [0.15, 0.2) is 0 Å². The highest BCUT2D eigenvalue weighted by Crippen LogP contribution is 2.18. The van der Waals surface area contributed by atoms with Gasteiger partial charge in [-0.1, -0.05) is 51.0 Å². The van der Waals surface area contributed by atoms with Gasteiger partial charge in [-0.2, -0.15) is 0 Å². The van der Waals surface area contributed by atoms with Gasteiger partial charge in [0.05, 0.1) is 6.61 Å². The molecule has 0 aliphatic heterocycles. The molecule has 2 nitrogen and oxygen atoms in total. The van der Waals surface area contributed by atoms with Crippen LogP contribution in [-0.2, 0) is 9.53 Å². The van der Waals surface area contributed by atoms with Gasteiger partial charge in [-0.05, 0) is 57.4 Å². The Kier molecular flexibility index (Phi) is 12.6. The van der Waals surface area contributed by atoms with Gasteiger partial charge in [0.2, 0.25) is 0 Å². The minimum absolute atomic E-state index is 0.256. The van der Waals surface area contributed by atoms with Crippen molar-refractivity contribution < 1.29 is 9.53 Å². The second kappa shape index (κ2) is 13.4. The molecule has 0 saturated carbocycles. The lowest BCUT2D eigenvalue weighted by Crippen LogP contribution is -2.00. The summed E-state index contributed by atoms with van der Waals surface area (Å²) in [7, 11) is 0. The molecule has 22 heavy (non-hydrogen) atoms. The first-order valence-electron chi connectivity index (χ1n) is 8.76. The van der Waals surface area contributed by atoms with Crippen LogP contribution in [-0.4, -0.2) is 12.6 Å². The highest BCUT2D eigenvalue weighted by Gasteiger charge is 2.03. The largest absolute Gasteiger partial charge is 0.463 e. The van der Waals surface area contributed by atoms with Gasteiger partial charge in [-0.15, -0.1) is 0 Å². The van der Waals surface area contributed by atoms with Crippen molar-refractivity contribution in [1.82, 2.24) is 0 Å². The third-order valence-corrected chi connectivity index (χ3v) is 3.98. The number of ether oxygens (including phenoxy) is 1. The Labute approximate surface area is 137 Å². The predicted molar refractivity (Wildman–Crippen MR) is 95.8 cm³/mol. The maximum atomic E-state index is 11.3. The summed E-state index contributed by atoms with van der Waals surface area (Å²) < 4.78 is 4.90. The highest BCUT2D eigenvalue weighted by molar-refractivity contribution is 5.83. The minimum atomic E-state index is -0.256. The van der Waals surface area contributed by atoms with E-state index in [9.17, 15) is 4.79 Å². The van der Waals surface area contributed by atoms with Crippen molar-refractivity contribution in [3.05, 3.63) is 35.5 Å². The monoisotopic (exact) mass is 306 g/mol. The Bertz CT molecular complexity index is 383. The fourth-order valence-corrected chi connectivity index (χ4v) is 2.41. The van der Waals surface area contributed by atoms with E-state index in [0.29, 0.717) is 6.61 Å². The second-order valence-corrected chi connectivity index (χ2v) is 5.70. The molecule has 1 unspecified atom stereocenters. The maximum Gasteiger partial charge on any atom is 0.330 e. The quantitative estimate of drug-likeness (QED) is 0.203. The summed E-state index contributed by atoms with van der Waals surface area (Å²) in [5, 5.41) is 0. The van der Waals surface area contributed by atoms with Crippen LogP contribution >= 0.6 is 0 Å². The van der Waals surface area contributed by atoms with Crippen LogP contribution in [0.2, 0.25) is 0 Å². The summed E-state index contributed by atoms with van der Waals surface area (Å²) >= 11 is 0. The molecule has 0 spiro atoms. The minimum Gasteiger partial charge on any atom is -0.463 e. The zero-order valence-electron chi connectivity index (χ0n) is 15.2. The fraction of sp³-hybridized carbons (Fsp3) is 0.650. The summed E-state index contributed by atoms with van der Waals surface area (Å²) in [6.07, 6.45) is 15.2.